The van der Waals surface area contributed by atoms with Crippen molar-refractivity contribution in [2.75, 3.05) is 20.5 Å². The van der Waals surface area contributed by atoms with Crippen LogP contribution in [-0.4, -0.2) is 31.5 Å². The molecule has 0 aliphatic carbocycles. The van der Waals surface area contributed by atoms with Crippen LogP contribution in [0.3, 0.4) is 0 Å². The van der Waals surface area contributed by atoms with Crippen molar-refractivity contribution in [3.05, 3.63) is 17.1 Å². The van der Waals surface area contributed by atoms with Crippen LogP contribution in [-0.2, 0) is 4.74 Å². The lowest BCUT2D eigenvalue weighted by atomic mass is 10.1. The zero-order chi connectivity index (χ0) is 13.4. The molecule has 1 aromatic carbocycles. The number of methoxy groups -OCH3 is 1. The van der Waals surface area contributed by atoms with Crippen molar-refractivity contribution in [1.82, 2.24) is 4.98 Å². The van der Waals surface area contributed by atoms with E-state index in [1.54, 1.807) is 7.11 Å². The van der Waals surface area contributed by atoms with E-state index in [4.69, 9.17) is 25.7 Å². The third kappa shape index (κ3) is 2.14. The highest BCUT2D eigenvalue weighted by Gasteiger charge is 2.23. The molecule has 0 saturated carbocycles. The molecular formula is C12H15N3O3S. The van der Waals surface area contributed by atoms with Gasteiger partial charge in [-0.15, -0.1) is 11.3 Å². The van der Waals surface area contributed by atoms with Gasteiger partial charge in [0.2, 0.25) is 6.79 Å². The first-order chi connectivity index (χ1) is 9.20. The van der Waals surface area contributed by atoms with Crippen molar-refractivity contribution in [3.8, 4) is 11.5 Å². The van der Waals surface area contributed by atoms with Crippen LogP contribution in [0.5, 0.6) is 11.5 Å². The molecule has 0 radical (unpaired) electrons. The van der Waals surface area contributed by atoms with E-state index in [0.717, 1.165) is 21.0 Å². The summed E-state index contributed by atoms with van der Waals surface area (Å²) >= 11 is 1.52. The Bertz CT molecular complexity index is 601. The van der Waals surface area contributed by atoms with Crippen LogP contribution in [0.4, 0.5) is 0 Å². The number of nitrogens with zero attached hydrogens (tertiary/aromatic N) is 1. The summed E-state index contributed by atoms with van der Waals surface area (Å²) in [4.78, 5) is 4.54. The number of nitrogens with two attached hydrogens (primary N) is 2. The Morgan fingerprint density at radius 2 is 2.26 bits per heavy atom. The second-order valence-corrected chi connectivity index (χ2v) is 5.41. The van der Waals surface area contributed by atoms with E-state index in [0.29, 0.717) is 12.4 Å². The average molecular weight is 281 g/mol. The summed E-state index contributed by atoms with van der Waals surface area (Å²) in [5.74, 6) is 1.41. The van der Waals surface area contributed by atoms with E-state index in [1.165, 1.54) is 11.3 Å². The van der Waals surface area contributed by atoms with E-state index < -0.39 is 0 Å². The third-order valence-electron chi connectivity index (χ3n) is 3.02. The first-order valence-corrected chi connectivity index (χ1v) is 6.71. The second-order valence-electron chi connectivity index (χ2n) is 4.34. The van der Waals surface area contributed by atoms with Gasteiger partial charge in [-0.25, -0.2) is 4.98 Å². The first kappa shape index (κ1) is 12.6. The van der Waals surface area contributed by atoms with Crippen molar-refractivity contribution in [2.45, 2.75) is 12.1 Å². The Balaban J connectivity index is 1.98. The molecule has 102 valence electrons. The van der Waals surface area contributed by atoms with Gasteiger partial charge < -0.3 is 25.7 Å². The Labute approximate surface area is 114 Å². The zero-order valence-corrected chi connectivity index (χ0v) is 11.3. The first-order valence-electron chi connectivity index (χ1n) is 5.90. The van der Waals surface area contributed by atoms with Crippen LogP contribution < -0.4 is 20.9 Å². The van der Waals surface area contributed by atoms with Crippen molar-refractivity contribution in [1.29, 1.82) is 0 Å². The summed E-state index contributed by atoms with van der Waals surface area (Å²) in [5, 5.41) is 0.781. The number of ether oxygens (including phenoxy) is 3. The number of benzene rings is 1. The smallest absolute Gasteiger partial charge is 0.231 e. The average Bonchev–Trinajstić information content (AvgIpc) is 3.03. The summed E-state index contributed by atoms with van der Waals surface area (Å²) in [5.41, 5.74) is 12.8. The Hall–Kier alpha value is -1.41. The summed E-state index contributed by atoms with van der Waals surface area (Å²) in [7, 11) is 1.60. The number of hydrogen-bond acceptors (Lipinski definition) is 7. The van der Waals surface area contributed by atoms with Gasteiger partial charge in [-0.05, 0) is 12.1 Å². The van der Waals surface area contributed by atoms with Gasteiger partial charge in [0, 0.05) is 13.2 Å². The monoisotopic (exact) mass is 281 g/mol. The van der Waals surface area contributed by atoms with Crippen LogP contribution in [0.2, 0.25) is 0 Å². The molecule has 6 nitrogen and oxygen atoms in total. The molecule has 2 unspecified atom stereocenters. The van der Waals surface area contributed by atoms with Crippen molar-refractivity contribution in [3.63, 3.8) is 0 Å². The lowest BCUT2D eigenvalue weighted by molar-refractivity contribution is 0.171. The number of thiazole rings is 1. The molecule has 2 heterocycles. The van der Waals surface area contributed by atoms with Crippen molar-refractivity contribution >= 4 is 21.6 Å². The molecule has 2 aromatic rings. The van der Waals surface area contributed by atoms with Crippen LogP contribution in [0.1, 0.15) is 11.0 Å². The molecule has 0 amide bonds. The molecule has 0 fully saturated rings. The van der Waals surface area contributed by atoms with Crippen LogP contribution in [0.15, 0.2) is 12.1 Å². The minimum absolute atomic E-state index is 0.233. The quantitative estimate of drug-likeness (QED) is 0.868. The molecule has 2 atom stereocenters. The molecule has 1 aliphatic rings. The van der Waals surface area contributed by atoms with Gasteiger partial charge in [-0.2, -0.15) is 0 Å². The maximum Gasteiger partial charge on any atom is 0.231 e. The van der Waals surface area contributed by atoms with E-state index in [9.17, 15) is 0 Å². The number of rotatable bonds is 4. The highest BCUT2D eigenvalue weighted by Crippen LogP contribution is 2.41. The largest absolute Gasteiger partial charge is 0.454 e. The molecule has 0 saturated heterocycles. The molecule has 0 spiro atoms. The second kappa shape index (κ2) is 4.93. The fourth-order valence-electron chi connectivity index (χ4n) is 2.00. The molecule has 19 heavy (non-hydrogen) atoms. The maximum atomic E-state index is 6.10. The lowest BCUT2D eigenvalue weighted by Gasteiger charge is -2.16. The highest BCUT2D eigenvalue weighted by atomic mass is 32.1. The van der Waals surface area contributed by atoms with Gasteiger partial charge in [0.05, 0.1) is 17.3 Å². The molecule has 0 bridgehead atoms. The fraction of sp³-hybridized carbons (Fsp3) is 0.417. The van der Waals surface area contributed by atoms with E-state index >= 15 is 0 Å². The number of hydrogen-bond donors (Lipinski definition) is 2. The van der Waals surface area contributed by atoms with E-state index in [1.807, 2.05) is 12.1 Å². The van der Waals surface area contributed by atoms with Gasteiger partial charge in [-0.3, -0.25) is 0 Å². The van der Waals surface area contributed by atoms with Crippen LogP contribution in [0, 0.1) is 0 Å². The molecule has 4 N–H and O–H groups in total. The topological polar surface area (TPSA) is 92.6 Å². The Morgan fingerprint density at radius 1 is 1.42 bits per heavy atom. The van der Waals surface area contributed by atoms with Crippen molar-refractivity contribution in [2.24, 2.45) is 11.5 Å². The summed E-state index contributed by atoms with van der Waals surface area (Å²) < 4.78 is 16.8. The van der Waals surface area contributed by atoms with E-state index in [-0.39, 0.29) is 18.9 Å². The summed E-state index contributed by atoms with van der Waals surface area (Å²) in [6, 6.07) is 3.21. The lowest BCUT2D eigenvalue weighted by Crippen LogP contribution is -2.37. The molecule has 3 rings (SSSR count). The fourth-order valence-corrected chi connectivity index (χ4v) is 3.04. The van der Waals surface area contributed by atoms with Gasteiger partial charge in [0.1, 0.15) is 10.5 Å². The number of aromatic nitrogens is 1. The van der Waals surface area contributed by atoms with Crippen LogP contribution in [0.25, 0.3) is 10.2 Å². The van der Waals surface area contributed by atoms with Gasteiger partial charge >= 0.3 is 0 Å². The number of fused-ring (bicyclic) bond motifs is 3. The molecule has 7 heteroatoms. The predicted octanol–water partition coefficient (Wildman–Crippen LogP) is 0.998. The third-order valence-corrected chi connectivity index (χ3v) is 4.14. The molecule has 1 aliphatic heterocycles. The molecule has 1 aromatic heterocycles. The SMILES string of the molecule is COCC(N)C(N)c1nc2c3c(ccc2s1)OCO3. The van der Waals surface area contributed by atoms with Crippen LogP contribution >= 0.6 is 11.3 Å². The zero-order valence-electron chi connectivity index (χ0n) is 10.5. The van der Waals surface area contributed by atoms with Crippen molar-refractivity contribution < 1.29 is 14.2 Å². The van der Waals surface area contributed by atoms with Gasteiger partial charge in [0.25, 0.3) is 0 Å². The normalized spacial score (nSPS) is 16.8. The van der Waals surface area contributed by atoms with E-state index in [2.05, 4.69) is 4.98 Å². The Kier molecular flexibility index (Phi) is 3.28. The predicted molar refractivity (Wildman–Crippen MR) is 72.5 cm³/mol. The maximum absolute atomic E-state index is 6.10. The summed E-state index contributed by atoms with van der Waals surface area (Å²) in [6.45, 7) is 0.630. The van der Waals surface area contributed by atoms with Gasteiger partial charge in [0.15, 0.2) is 11.5 Å². The minimum Gasteiger partial charge on any atom is -0.454 e. The highest BCUT2D eigenvalue weighted by molar-refractivity contribution is 7.18. The Morgan fingerprint density at radius 3 is 3.05 bits per heavy atom. The summed E-state index contributed by atoms with van der Waals surface area (Å²) in [6.07, 6.45) is 0. The van der Waals surface area contributed by atoms with Gasteiger partial charge in [-0.1, -0.05) is 0 Å². The molecular weight excluding hydrogens is 266 g/mol. The standard InChI is InChI=1S/C12H15N3O3S/c1-16-4-6(13)9(14)12-15-10-8(19-12)3-2-7-11(10)18-5-17-7/h2-3,6,9H,4-5,13-14H2,1H3. The minimum atomic E-state index is -0.352.